The van der Waals surface area contributed by atoms with Gasteiger partial charge in [-0.1, -0.05) is 41.6 Å². The van der Waals surface area contributed by atoms with Gasteiger partial charge in [0.2, 0.25) is 0 Å². The highest BCUT2D eigenvalue weighted by molar-refractivity contribution is 7.99. The Morgan fingerprint density at radius 3 is 2.38 bits per heavy atom. The summed E-state index contributed by atoms with van der Waals surface area (Å²) in [4.78, 5) is 12.2. The second kappa shape index (κ2) is 6.97. The minimum Gasteiger partial charge on any atom is -0.293 e. The van der Waals surface area contributed by atoms with Crippen molar-refractivity contribution in [3.05, 3.63) is 65.0 Å². The molecule has 2 aromatic heterocycles. The van der Waals surface area contributed by atoms with E-state index in [0.717, 1.165) is 27.5 Å². The minimum absolute atomic E-state index is 0.0874. The van der Waals surface area contributed by atoms with Gasteiger partial charge in [-0.3, -0.25) is 4.79 Å². The van der Waals surface area contributed by atoms with E-state index in [1.165, 1.54) is 11.8 Å². The standard InChI is InChI=1S/C18H18N4OS/c1-12-4-6-15(7-5-12)16(23)11-24-18-9-8-17(19-20-18)22-14(3)10-13(2)21-22/h4-10H,11H2,1-3H3. The summed E-state index contributed by atoms with van der Waals surface area (Å²) >= 11 is 1.39. The molecule has 0 spiro atoms. The number of ketones is 1. The lowest BCUT2D eigenvalue weighted by atomic mass is 10.1. The van der Waals surface area contributed by atoms with Crippen LogP contribution in [0.1, 0.15) is 27.3 Å². The van der Waals surface area contributed by atoms with Gasteiger partial charge < -0.3 is 0 Å². The molecule has 6 heteroatoms. The van der Waals surface area contributed by atoms with Crippen molar-refractivity contribution in [1.29, 1.82) is 0 Å². The van der Waals surface area contributed by atoms with Crippen molar-refractivity contribution < 1.29 is 4.79 Å². The summed E-state index contributed by atoms with van der Waals surface area (Å²) in [6.45, 7) is 5.92. The molecule has 122 valence electrons. The van der Waals surface area contributed by atoms with Crippen LogP contribution in [0.15, 0.2) is 47.5 Å². The maximum Gasteiger partial charge on any atom is 0.175 e. The molecule has 0 radical (unpaired) electrons. The second-order valence-electron chi connectivity index (χ2n) is 5.65. The van der Waals surface area contributed by atoms with E-state index < -0.39 is 0 Å². The van der Waals surface area contributed by atoms with Gasteiger partial charge in [0.05, 0.1) is 11.4 Å². The van der Waals surface area contributed by atoms with Crippen molar-refractivity contribution in [3.8, 4) is 5.82 Å². The van der Waals surface area contributed by atoms with E-state index in [0.29, 0.717) is 11.6 Å². The predicted octanol–water partition coefficient (Wildman–Crippen LogP) is 3.56. The van der Waals surface area contributed by atoms with E-state index in [4.69, 9.17) is 0 Å². The molecule has 0 aliphatic heterocycles. The van der Waals surface area contributed by atoms with E-state index in [1.54, 1.807) is 4.68 Å². The van der Waals surface area contributed by atoms with E-state index in [9.17, 15) is 4.79 Å². The molecular formula is C18H18N4OS. The van der Waals surface area contributed by atoms with Gasteiger partial charge in [-0.2, -0.15) is 5.10 Å². The molecular weight excluding hydrogens is 320 g/mol. The summed E-state index contributed by atoms with van der Waals surface area (Å²) in [6.07, 6.45) is 0. The molecule has 0 fully saturated rings. The van der Waals surface area contributed by atoms with Crippen LogP contribution in [0.5, 0.6) is 0 Å². The van der Waals surface area contributed by atoms with Gasteiger partial charge in [-0.15, -0.1) is 10.2 Å². The van der Waals surface area contributed by atoms with Crippen LogP contribution in [0, 0.1) is 20.8 Å². The van der Waals surface area contributed by atoms with Gasteiger partial charge in [0.1, 0.15) is 5.03 Å². The fraction of sp³-hybridized carbons (Fsp3) is 0.222. The Morgan fingerprint density at radius 1 is 1.04 bits per heavy atom. The van der Waals surface area contributed by atoms with Crippen molar-refractivity contribution in [2.45, 2.75) is 25.8 Å². The molecule has 0 unspecified atom stereocenters. The monoisotopic (exact) mass is 338 g/mol. The molecule has 3 aromatic rings. The number of rotatable bonds is 5. The zero-order valence-corrected chi connectivity index (χ0v) is 14.7. The van der Waals surface area contributed by atoms with Gasteiger partial charge in [0.25, 0.3) is 0 Å². The zero-order valence-electron chi connectivity index (χ0n) is 13.9. The topological polar surface area (TPSA) is 60.7 Å². The van der Waals surface area contributed by atoms with Crippen molar-refractivity contribution >= 4 is 17.5 Å². The maximum absolute atomic E-state index is 12.2. The third-order valence-electron chi connectivity index (χ3n) is 3.58. The molecule has 0 atom stereocenters. The SMILES string of the molecule is Cc1ccc(C(=O)CSc2ccc(-n3nc(C)cc3C)nn2)cc1. The van der Waals surface area contributed by atoms with E-state index in [1.807, 2.05) is 63.2 Å². The summed E-state index contributed by atoms with van der Waals surface area (Å²) in [5.41, 5.74) is 3.82. The normalized spacial score (nSPS) is 10.8. The largest absolute Gasteiger partial charge is 0.293 e. The molecule has 0 saturated heterocycles. The number of hydrogen-bond acceptors (Lipinski definition) is 5. The number of aryl methyl sites for hydroxylation is 3. The van der Waals surface area contributed by atoms with Gasteiger partial charge in [-0.25, -0.2) is 4.68 Å². The van der Waals surface area contributed by atoms with Gasteiger partial charge >= 0.3 is 0 Å². The summed E-state index contributed by atoms with van der Waals surface area (Å²) in [5.74, 6) is 1.11. The van der Waals surface area contributed by atoms with Crippen LogP contribution < -0.4 is 0 Å². The van der Waals surface area contributed by atoms with Crippen molar-refractivity contribution in [3.63, 3.8) is 0 Å². The molecule has 3 rings (SSSR count). The highest BCUT2D eigenvalue weighted by Crippen LogP contribution is 2.18. The van der Waals surface area contributed by atoms with Crippen molar-refractivity contribution in [1.82, 2.24) is 20.0 Å². The van der Waals surface area contributed by atoms with Crippen molar-refractivity contribution in [2.75, 3.05) is 5.75 Å². The van der Waals surface area contributed by atoms with Gasteiger partial charge in [0.15, 0.2) is 11.6 Å². The Hall–Kier alpha value is -2.47. The van der Waals surface area contributed by atoms with Crippen LogP contribution in [-0.2, 0) is 0 Å². The fourth-order valence-electron chi connectivity index (χ4n) is 2.33. The molecule has 0 saturated carbocycles. The first-order chi connectivity index (χ1) is 11.5. The lowest BCUT2D eigenvalue weighted by Crippen LogP contribution is -2.05. The average molecular weight is 338 g/mol. The van der Waals surface area contributed by atoms with Crippen LogP contribution in [0.25, 0.3) is 5.82 Å². The van der Waals surface area contributed by atoms with Crippen LogP contribution in [0.3, 0.4) is 0 Å². The number of nitrogens with zero attached hydrogens (tertiary/aromatic N) is 4. The van der Waals surface area contributed by atoms with Crippen LogP contribution in [-0.4, -0.2) is 31.5 Å². The van der Waals surface area contributed by atoms with E-state index >= 15 is 0 Å². The quantitative estimate of drug-likeness (QED) is 0.526. The lowest BCUT2D eigenvalue weighted by Gasteiger charge is -2.04. The Labute approximate surface area is 145 Å². The number of aromatic nitrogens is 4. The molecule has 24 heavy (non-hydrogen) atoms. The minimum atomic E-state index is 0.0874. The fourth-order valence-corrected chi connectivity index (χ4v) is 3.03. The maximum atomic E-state index is 12.2. The van der Waals surface area contributed by atoms with Crippen LogP contribution >= 0.6 is 11.8 Å². The summed E-state index contributed by atoms with van der Waals surface area (Å²) < 4.78 is 1.76. The van der Waals surface area contributed by atoms with Gasteiger partial charge in [0, 0.05) is 11.3 Å². The van der Waals surface area contributed by atoms with E-state index in [2.05, 4.69) is 15.3 Å². The molecule has 0 N–H and O–H groups in total. The molecule has 0 aliphatic carbocycles. The number of carbonyl (C=O) groups is 1. The molecule has 0 aliphatic rings. The molecule has 5 nitrogen and oxygen atoms in total. The zero-order chi connectivity index (χ0) is 17.1. The molecule has 1 aromatic carbocycles. The number of thioether (sulfide) groups is 1. The number of carbonyl (C=O) groups excluding carboxylic acids is 1. The first kappa shape index (κ1) is 16.4. The molecule has 0 amide bonds. The Kier molecular flexibility index (Phi) is 4.76. The van der Waals surface area contributed by atoms with Gasteiger partial charge in [-0.05, 0) is 39.0 Å². The summed E-state index contributed by atoms with van der Waals surface area (Å²) in [5, 5.41) is 13.5. The van der Waals surface area contributed by atoms with Crippen LogP contribution in [0.2, 0.25) is 0 Å². The Balaban J connectivity index is 1.65. The van der Waals surface area contributed by atoms with E-state index in [-0.39, 0.29) is 5.78 Å². The number of hydrogen-bond donors (Lipinski definition) is 0. The smallest absolute Gasteiger partial charge is 0.175 e. The first-order valence-electron chi connectivity index (χ1n) is 7.63. The second-order valence-corrected chi connectivity index (χ2v) is 6.64. The van der Waals surface area contributed by atoms with Crippen molar-refractivity contribution in [2.24, 2.45) is 0 Å². The number of benzene rings is 1. The molecule has 0 bridgehead atoms. The Bertz CT molecular complexity index is 854. The Morgan fingerprint density at radius 2 is 1.79 bits per heavy atom. The third kappa shape index (κ3) is 3.71. The number of Topliss-reactive ketones (excluding diaryl/α,β-unsaturated/α-hetero) is 1. The first-order valence-corrected chi connectivity index (χ1v) is 8.61. The highest BCUT2D eigenvalue weighted by Gasteiger charge is 2.09. The third-order valence-corrected chi connectivity index (χ3v) is 4.50. The summed E-state index contributed by atoms with van der Waals surface area (Å²) in [6, 6.07) is 13.3. The molecule has 2 heterocycles. The lowest BCUT2D eigenvalue weighted by molar-refractivity contribution is 0.102. The summed E-state index contributed by atoms with van der Waals surface area (Å²) in [7, 11) is 0. The van der Waals surface area contributed by atoms with Crippen LogP contribution in [0.4, 0.5) is 0 Å². The predicted molar refractivity (Wildman–Crippen MR) is 94.9 cm³/mol. The average Bonchev–Trinajstić information content (AvgIpc) is 2.92. The highest BCUT2D eigenvalue weighted by atomic mass is 32.2.